The molecule has 0 unspecified atom stereocenters. The molecule has 0 saturated carbocycles. The van der Waals surface area contributed by atoms with Gasteiger partial charge in [-0.25, -0.2) is 9.13 Å². The van der Waals surface area contributed by atoms with Crippen LogP contribution in [0.1, 0.15) is 0 Å². The number of carbonyl (C=O) groups is 1. The number of nitrogens with one attached hydrogen (secondary N) is 1. The first kappa shape index (κ1) is 14.8. The second kappa shape index (κ2) is 6.31. The van der Waals surface area contributed by atoms with E-state index in [4.69, 9.17) is 0 Å². The number of aromatic nitrogens is 2. The Labute approximate surface area is 142 Å². The lowest BCUT2D eigenvalue weighted by Gasteiger charge is -2.03. The van der Waals surface area contributed by atoms with Gasteiger partial charge in [-0.15, -0.1) is 0 Å². The minimum Gasteiger partial charge on any atom is -0.323 e. The summed E-state index contributed by atoms with van der Waals surface area (Å²) in [5.74, 6) is -0.0572. The van der Waals surface area contributed by atoms with Crippen LogP contribution in [0.15, 0.2) is 61.4 Å². The van der Waals surface area contributed by atoms with Gasteiger partial charge in [0.2, 0.25) is 6.33 Å². The number of rotatable bonds is 4. The van der Waals surface area contributed by atoms with Gasteiger partial charge in [0.15, 0.2) is 17.6 Å². The van der Waals surface area contributed by atoms with Crippen molar-refractivity contribution in [1.82, 2.24) is 4.57 Å². The van der Waals surface area contributed by atoms with Crippen LogP contribution in [-0.2, 0) is 11.3 Å². The summed E-state index contributed by atoms with van der Waals surface area (Å²) in [6.07, 6.45) is 3.61. The third kappa shape index (κ3) is 3.04. The number of para-hydroxylation sites is 2. The molecule has 0 fully saturated rings. The number of hydrogen-bond acceptors (Lipinski definition) is 1. The van der Waals surface area contributed by atoms with Gasteiger partial charge in [0.05, 0.1) is 6.20 Å². The molecule has 0 aliphatic rings. The van der Waals surface area contributed by atoms with Crippen LogP contribution in [0, 0.1) is 3.57 Å². The molecule has 0 atom stereocenters. The summed E-state index contributed by atoms with van der Waals surface area (Å²) in [4.78, 5) is 12.2. The van der Waals surface area contributed by atoms with Crippen molar-refractivity contribution >= 4 is 51.4 Å². The third-order valence-corrected chi connectivity index (χ3v) is 4.09. The van der Waals surface area contributed by atoms with Crippen molar-refractivity contribution in [2.75, 3.05) is 5.32 Å². The van der Waals surface area contributed by atoms with Crippen LogP contribution in [0.2, 0.25) is 0 Å². The van der Waals surface area contributed by atoms with Crippen LogP contribution in [0.25, 0.3) is 17.2 Å². The molecule has 110 valence electrons. The Morgan fingerprint density at radius 3 is 2.68 bits per heavy atom. The van der Waals surface area contributed by atoms with Gasteiger partial charge in [-0.2, -0.15) is 0 Å². The molecule has 0 radical (unpaired) electrons. The van der Waals surface area contributed by atoms with E-state index in [0.29, 0.717) is 0 Å². The van der Waals surface area contributed by atoms with Crippen molar-refractivity contribution in [3.8, 4) is 0 Å². The second-order valence-electron chi connectivity index (χ2n) is 4.88. The maximum Gasteiger partial charge on any atom is 0.266 e. The van der Waals surface area contributed by atoms with E-state index in [9.17, 15) is 4.79 Å². The van der Waals surface area contributed by atoms with E-state index in [1.54, 1.807) is 6.20 Å². The normalized spacial score (nSPS) is 10.6. The summed E-state index contributed by atoms with van der Waals surface area (Å²) >= 11 is 2.24. The average Bonchev–Trinajstić information content (AvgIpc) is 2.88. The molecule has 5 heteroatoms. The molecule has 3 aromatic rings. The SMILES string of the molecule is C=Cn1c[n+](CC(=O)Nc2ccc(I)cc2)c2ccccc21. The zero-order valence-corrected chi connectivity index (χ0v) is 14.0. The Bertz CT molecular complexity index is 837. The summed E-state index contributed by atoms with van der Waals surface area (Å²) in [6.45, 7) is 4.06. The van der Waals surface area contributed by atoms with Crippen molar-refractivity contribution in [2.24, 2.45) is 0 Å². The second-order valence-corrected chi connectivity index (χ2v) is 6.12. The summed E-state index contributed by atoms with van der Waals surface area (Å²) < 4.78 is 4.96. The fourth-order valence-electron chi connectivity index (χ4n) is 2.36. The highest BCUT2D eigenvalue weighted by Crippen LogP contribution is 2.12. The van der Waals surface area contributed by atoms with Crippen LogP contribution >= 0.6 is 22.6 Å². The van der Waals surface area contributed by atoms with Gasteiger partial charge < -0.3 is 5.32 Å². The van der Waals surface area contributed by atoms with Crippen LogP contribution in [0.4, 0.5) is 5.69 Å². The van der Waals surface area contributed by atoms with Crippen molar-refractivity contribution in [3.05, 3.63) is 65.0 Å². The lowest BCUT2D eigenvalue weighted by molar-refractivity contribution is -0.658. The number of nitrogens with zero attached hydrogens (tertiary/aromatic N) is 2. The molecule has 3 rings (SSSR count). The maximum atomic E-state index is 12.2. The monoisotopic (exact) mass is 404 g/mol. The first-order valence-corrected chi connectivity index (χ1v) is 7.92. The van der Waals surface area contributed by atoms with Crippen molar-refractivity contribution in [1.29, 1.82) is 0 Å². The molecule has 1 heterocycles. The van der Waals surface area contributed by atoms with Crippen molar-refractivity contribution < 1.29 is 9.36 Å². The van der Waals surface area contributed by atoms with E-state index in [-0.39, 0.29) is 12.5 Å². The molecule has 0 spiro atoms. The summed E-state index contributed by atoms with van der Waals surface area (Å²) in [6, 6.07) is 15.7. The van der Waals surface area contributed by atoms with E-state index in [0.717, 1.165) is 20.3 Å². The molecule has 0 aliphatic carbocycles. The predicted molar refractivity (Wildman–Crippen MR) is 96.3 cm³/mol. The Kier molecular flexibility index (Phi) is 4.24. The summed E-state index contributed by atoms with van der Waals surface area (Å²) in [7, 11) is 0. The fourth-order valence-corrected chi connectivity index (χ4v) is 2.72. The largest absolute Gasteiger partial charge is 0.323 e. The van der Waals surface area contributed by atoms with Crippen LogP contribution in [-0.4, -0.2) is 10.5 Å². The van der Waals surface area contributed by atoms with Crippen LogP contribution in [0.3, 0.4) is 0 Å². The molecule has 0 aliphatic heterocycles. The number of benzene rings is 2. The van der Waals surface area contributed by atoms with Crippen LogP contribution < -0.4 is 9.88 Å². The standard InChI is InChI=1S/C17H14IN3O/c1-2-20-12-21(16-6-4-3-5-15(16)20)11-17(22)19-14-9-7-13(18)8-10-14/h2-10,12H,1,11H2/p+1. The van der Waals surface area contributed by atoms with E-state index in [1.807, 2.05) is 64.0 Å². The molecule has 1 N–H and O–H groups in total. The van der Waals surface area contributed by atoms with Gasteiger partial charge in [0, 0.05) is 9.26 Å². The van der Waals surface area contributed by atoms with E-state index in [2.05, 4.69) is 34.5 Å². The molecule has 4 nitrogen and oxygen atoms in total. The minimum absolute atomic E-state index is 0.0572. The zero-order chi connectivity index (χ0) is 15.5. The summed E-state index contributed by atoms with van der Waals surface area (Å²) in [5.41, 5.74) is 2.83. The highest BCUT2D eigenvalue weighted by Gasteiger charge is 2.16. The van der Waals surface area contributed by atoms with E-state index in [1.165, 1.54) is 0 Å². The van der Waals surface area contributed by atoms with Crippen LogP contribution in [0.5, 0.6) is 0 Å². The number of fused-ring (bicyclic) bond motifs is 1. The van der Waals surface area contributed by atoms with Gasteiger partial charge in [-0.05, 0) is 59.0 Å². The lowest BCUT2D eigenvalue weighted by atomic mass is 10.3. The maximum absolute atomic E-state index is 12.2. The van der Waals surface area contributed by atoms with Crippen molar-refractivity contribution in [3.63, 3.8) is 0 Å². The lowest BCUT2D eigenvalue weighted by Crippen LogP contribution is -2.39. The molecule has 0 bridgehead atoms. The Morgan fingerprint density at radius 2 is 1.95 bits per heavy atom. The van der Waals surface area contributed by atoms with Gasteiger partial charge in [-0.1, -0.05) is 18.7 Å². The topological polar surface area (TPSA) is 37.9 Å². The van der Waals surface area contributed by atoms with Gasteiger partial charge >= 0.3 is 0 Å². The van der Waals surface area contributed by atoms with Gasteiger partial charge in [0.1, 0.15) is 0 Å². The number of imidazole rings is 1. The van der Waals surface area contributed by atoms with E-state index >= 15 is 0 Å². The first-order valence-electron chi connectivity index (χ1n) is 6.84. The fraction of sp³-hybridized carbons (Fsp3) is 0.0588. The molecular formula is C17H15IN3O+. The quantitative estimate of drug-likeness (QED) is 0.526. The minimum atomic E-state index is -0.0572. The number of carbonyl (C=O) groups excluding carboxylic acids is 1. The highest BCUT2D eigenvalue weighted by molar-refractivity contribution is 14.1. The van der Waals surface area contributed by atoms with Crippen molar-refractivity contribution in [2.45, 2.75) is 6.54 Å². The highest BCUT2D eigenvalue weighted by atomic mass is 127. The molecular weight excluding hydrogens is 389 g/mol. The Morgan fingerprint density at radius 1 is 1.23 bits per heavy atom. The number of amides is 1. The average molecular weight is 404 g/mol. The summed E-state index contributed by atoms with van der Waals surface area (Å²) in [5, 5.41) is 2.91. The predicted octanol–water partition coefficient (Wildman–Crippen LogP) is 3.27. The Balaban J connectivity index is 1.82. The smallest absolute Gasteiger partial charge is 0.266 e. The molecule has 2 aromatic carbocycles. The number of halogens is 1. The first-order chi connectivity index (χ1) is 10.7. The molecule has 1 aromatic heterocycles. The number of anilines is 1. The third-order valence-electron chi connectivity index (χ3n) is 3.37. The zero-order valence-electron chi connectivity index (χ0n) is 11.9. The molecule has 0 saturated heterocycles. The van der Waals surface area contributed by atoms with E-state index < -0.39 is 0 Å². The molecule has 1 amide bonds. The molecule has 22 heavy (non-hydrogen) atoms. The van der Waals surface area contributed by atoms with Gasteiger partial charge in [0.25, 0.3) is 5.91 Å². The van der Waals surface area contributed by atoms with Gasteiger partial charge in [-0.3, -0.25) is 4.79 Å². The number of hydrogen-bond donors (Lipinski definition) is 1. The Hall–Kier alpha value is -2.15.